The molecule has 0 aromatic heterocycles. The molecule has 5 heteroatoms. The fourth-order valence-corrected chi connectivity index (χ4v) is 4.85. The quantitative estimate of drug-likeness (QED) is 0.218. The lowest BCUT2D eigenvalue weighted by Gasteiger charge is -2.34. The van der Waals surface area contributed by atoms with Crippen molar-refractivity contribution in [2.45, 2.75) is 57.2 Å². The van der Waals surface area contributed by atoms with Crippen LogP contribution in [0.15, 0.2) is 84.8 Å². The standard InChI is InChI=1S/C33H39NO4/c1-33(2,32(36)37-3)28-18-16-25(17-19-28)30(35)15-10-22-34-23-20-29(21-24-34)38-31(26-11-6-4-7-12-26)27-13-8-5-9-14-27/h4-9,11-14,16-19,29,31H,10,15,20-24H2,1-3H3/i4D,6D,7D,11D,12D. The number of esters is 1. The van der Waals surface area contributed by atoms with Gasteiger partial charge in [-0.15, -0.1) is 0 Å². The van der Waals surface area contributed by atoms with Crippen LogP contribution >= 0.6 is 0 Å². The maximum absolute atomic E-state index is 12.8. The van der Waals surface area contributed by atoms with Gasteiger partial charge in [-0.3, -0.25) is 9.59 Å². The minimum absolute atomic E-state index is 0.0602. The Morgan fingerprint density at radius 3 is 2.26 bits per heavy atom. The Morgan fingerprint density at radius 1 is 0.974 bits per heavy atom. The largest absolute Gasteiger partial charge is 0.468 e. The van der Waals surface area contributed by atoms with Crippen LogP contribution in [0.25, 0.3) is 0 Å². The van der Waals surface area contributed by atoms with Gasteiger partial charge in [-0.05, 0) is 56.3 Å². The minimum Gasteiger partial charge on any atom is -0.468 e. The zero-order valence-electron chi connectivity index (χ0n) is 27.4. The Labute approximate surface area is 233 Å². The molecule has 0 amide bonds. The fourth-order valence-electron chi connectivity index (χ4n) is 4.85. The van der Waals surface area contributed by atoms with E-state index in [1.165, 1.54) is 7.11 Å². The monoisotopic (exact) mass is 518 g/mol. The minimum atomic E-state index is -0.790. The van der Waals surface area contributed by atoms with E-state index in [1.54, 1.807) is 26.0 Å². The first kappa shape index (κ1) is 21.6. The highest BCUT2D eigenvalue weighted by Gasteiger charge is 2.31. The Morgan fingerprint density at radius 2 is 1.63 bits per heavy atom. The first-order valence-electron chi connectivity index (χ1n) is 15.7. The lowest BCUT2D eigenvalue weighted by molar-refractivity contribution is -0.146. The van der Waals surface area contributed by atoms with Crippen molar-refractivity contribution in [3.8, 4) is 0 Å². The number of hydrogen-bond acceptors (Lipinski definition) is 5. The molecule has 1 atom stereocenters. The summed E-state index contributed by atoms with van der Waals surface area (Å²) in [6, 6.07) is 14.8. The van der Waals surface area contributed by atoms with Crippen LogP contribution in [0.2, 0.25) is 0 Å². The zero-order chi connectivity index (χ0) is 31.3. The number of rotatable bonds is 11. The molecule has 0 saturated carbocycles. The van der Waals surface area contributed by atoms with Crippen molar-refractivity contribution in [2.24, 2.45) is 0 Å². The summed E-state index contributed by atoms with van der Waals surface area (Å²) in [4.78, 5) is 27.2. The average Bonchev–Trinajstić information content (AvgIpc) is 3.03. The number of piperidine rings is 1. The summed E-state index contributed by atoms with van der Waals surface area (Å²) in [6.45, 7) is 5.91. The zero-order valence-corrected chi connectivity index (χ0v) is 22.4. The molecule has 4 rings (SSSR count). The topological polar surface area (TPSA) is 55.8 Å². The van der Waals surface area contributed by atoms with E-state index in [9.17, 15) is 9.59 Å². The van der Waals surface area contributed by atoms with E-state index < -0.39 is 17.6 Å². The molecule has 38 heavy (non-hydrogen) atoms. The summed E-state index contributed by atoms with van der Waals surface area (Å²) < 4.78 is 52.6. The van der Waals surface area contributed by atoms with Crippen molar-refractivity contribution in [1.29, 1.82) is 0 Å². The lowest BCUT2D eigenvalue weighted by Crippen LogP contribution is -2.38. The number of ketones is 1. The molecule has 0 radical (unpaired) electrons. The first-order valence-corrected chi connectivity index (χ1v) is 13.2. The van der Waals surface area contributed by atoms with Crippen LogP contribution in [0.1, 0.15) is 79.5 Å². The molecular formula is C33H39NO4. The van der Waals surface area contributed by atoms with Gasteiger partial charge in [0.15, 0.2) is 5.78 Å². The van der Waals surface area contributed by atoms with Gasteiger partial charge in [0.1, 0.15) is 6.10 Å². The van der Waals surface area contributed by atoms with Gasteiger partial charge in [-0.2, -0.15) is 0 Å². The molecule has 0 aliphatic carbocycles. The van der Waals surface area contributed by atoms with Crippen molar-refractivity contribution < 1.29 is 25.9 Å². The van der Waals surface area contributed by atoms with E-state index in [0.29, 0.717) is 12.0 Å². The van der Waals surface area contributed by atoms with E-state index >= 15 is 0 Å². The van der Waals surface area contributed by atoms with Crippen LogP contribution in [-0.2, 0) is 19.7 Å². The lowest BCUT2D eigenvalue weighted by atomic mass is 9.84. The molecule has 1 fully saturated rings. The van der Waals surface area contributed by atoms with Crippen molar-refractivity contribution in [1.82, 2.24) is 4.90 Å². The number of Topliss-reactive ketones (excluding diaryl/α,β-unsaturated/α-hetero) is 1. The number of carbonyl (C=O) groups excluding carboxylic acids is 2. The Hall–Kier alpha value is -3.28. The van der Waals surface area contributed by atoms with E-state index in [2.05, 4.69) is 4.90 Å². The van der Waals surface area contributed by atoms with Gasteiger partial charge in [0.25, 0.3) is 0 Å². The number of benzene rings is 3. The summed E-state index contributed by atoms with van der Waals surface area (Å²) >= 11 is 0. The highest BCUT2D eigenvalue weighted by Crippen LogP contribution is 2.30. The molecule has 200 valence electrons. The third-order valence-electron chi connectivity index (χ3n) is 7.25. The van der Waals surface area contributed by atoms with Crippen LogP contribution < -0.4 is 0 Å². The molecule has 1 aliphatic rings. The van der Waals surface area contributed by atoms with Crippen LogP contribution in [0, 0.1) is 0 Å². The Kier molecular flexibility index (Phi) is 7.39. The van der Waals surface area contributed by atoms with Crippen molar-refractivity contribution in [3.05, 3.63) is 107 Å². The first-order chi connectivity index (χ1) is 20.4. The van der Waals surface area contributed by atoms with E-state index in [-0.39, 0.29) is 47.6 Å². The maximum Gasteiger partial charge on any atom is 0.315 e. The number of nitrogens with zero attached hydrogens (tertiary/aromatic N) is 1. The molecule has 0 bridgehead atoms. The smallest absolute Gasteiger partial charge is 0.315 e. The van der Waals surface area contributed by atoms with Gasteiger partial charge >= 0.3 is 5.97 Å². The van der Waals surface area contributed by atoms with Gasteiger partial charge in [0, 0.05) is 25.1 Å². The Bertz CT molecular complexity index is 1410. The highest BCUT2D eigenvalue weighted by atomic mass is 16.5. The summed E-state index contributed by atoms with van der Waals surface area (Å²) in [6.07, 6.45) is 1.67. The number of ether oxygens (including phenoxy) is 2. The second-order valence-corrected chi connectivity index (χ2v) is 10.2. The molecular weight excluding hydrogens is 474 g/mol. The molecule has 1 saturated heterocycles. The normalized spacial score (nSPS) is 17.5. The Balaban J connectivity index is 1.33. The van der Waals surface area contributed by atoms with Crippen molar-refractivity contribution in [3.63, 3.8) is 0 Å². The third kappa shape index (κ3) is 6.97. The van der Waals surface area contributed by atoms with Gasteiger partial charge in [0.2, 0.25) is 0 Å². The van der Waals surface area contributed by atoms with Crippen molar-refractivity contribution in [2.75, 3.05) is 26.7 Å². The molecule has 1 aliphatic heterocycles. The molecule has 1 heterocycles. The molecule has 0 N–H and O–H groups in total. The van der Waals surface area contributed by atoms with E-state index in [1.807, 2.05) is 42.5 Å². The van der Waals surface area contributed by atoms with Crippen LogP contribution in [0.5, 0.6) is 0 Å². The summed E-state index contributed by atoms with van der Waals surface area (Å²) in [5.74, 6) is -0.268. The van der Waals surface area contributed by atoms with E-state index in [0.717, 1.165) is 50.0 Å². The maximum atomic E-state index is 12.8. The van der Waals surface area contributed by atoms with E-state index in [4.69, 9.17) is 16.3 Å². The van der Waals surface area contributed by atoms with Crippen LogP contribution in [0.4, 0.5) is 0 Å². The summed E-state index contributed by atoms with van der Waals surface area (Å²) in [7, 11) is 1.36. The van der Waals surface area contributed by atoms with Crippen LogP contribution in [-0.4, -0.2) is 49.5 Å². The second-order valence-electron chi connectivity index (χ2n) is 10.2. The third-order valence-corrected chi connectivity index (χ3v) is 7.25. The average molecular weight is 519 g/mol. The molecule has 3 aromatic carbocycles. The van der Waals surface area contributed by atoms with Gasteiger partial charge in [0.05, 0.1) is 25.5 Å². The number of methoxy groups -OCH3 is 1. The van der Waals surface area contributed by atoms with Crippen molar-refractivity contribution >= 4 is 11.8 Å². The molecule has 5 nitrogen and oxygen atoms in total. The van der Waals surface area contributed by atoms with Gasteiger partial charge < -0.3 is 14.4 Å². The molecule has 0 spiro atoms. The predicted molar refractivity (Wildman–Crippen MR) is 150 cm³/mol. The number of likely N-dealkylation sites (tertiary alicyclic amines) is 1. The second kappa shape index (κ2) is 13.0. The number of hydrogen-bond donors (Lipinski definition) is 0. The van der Waals surface area contributed by atoms with Gasteiger partial charge in [-0.1, -0.05) is 84.8 Å². The SMILES string of the molecule is [2H]c1c([2H])c([2H])c(C(OC2CCN(CCCC(=O)c3ccc(C(C)(C)C(=O)OC)cc3)CC2)c2ccccc2)c([2H])c1[2H]. The summed E-state index contributed by atoms with van der Waals surface area (Å²) in [5, 5.41) is 0. The number of carbonyl (C=O) groups is 2. The predicted octanol–water partition coefficient (Wildman–Crippen LogP) is 6.37. The highest BCUT2D eigenvalue weighted by molar-refractivity contribution is 5.96. The summed E-state index contributed by atoms with van der Waals surface area (Å²) in [5.41, 5.74) is 1.52. The van der Waals surface area contributed by atoms with Gasteiger partial charge in [-0.25, -0.2) is 0 Å². The molecule has 1 unspecified atom stereocenters. The van der Waals surface area contributed by atoms with Crippen LogP contribution in [0.3, 0.4) is 0 Å². The fraction of sp³-hybridized carbons (Fsp3) is 0.394. The molecule has 3 aromatic rings.